The van der Waals surface area contributed by atoms with E-state index in [1.165, 1.54) is 18.4 Å². The van der Waals surface area contributed by atoms with Gasteiger partial charge in [0.05, 0.1) is 27.9 Å². The molecule has 0 unspecified atom stereocenters. The maximum atomic E-state index is 12.1. The maximum absolute atomic E-state index is 12.1. The zero-order chi connectivity index (χ0) is 27.4. The summed E-state index contributed by atoms with van der Waals surface area (Å²) in [7, 11) is 1.53. The lowest BCUT2D eigenvalue weighted by molar-refractivity contribution is -0.154. The Bertz CT molecular complexity index is 1470. The van der Waals surface area contributed by atoms with Gasteiger partial charge in [-0.25, -0.2) is 19.7 Å². The van der Waals surface area contributed by atoms with Gasteiger partial charge in [0.15, 0.2) is 5.13 Å². The number of aliphatic carboxylic acids is 1. The van der Waals surface area contributed by atoms with Crippen molar-refractivity contribution in [2.75, 3.05) is 43.6 Å². The molecule has 0 bridgehead atoms. The molecule has 2 amide bonds. The summed E-state index contributed by atoms with van der Waals surface area (Å²) >= 11 is 1.39. The van der Waals surface area contributed by atoms with Crippen molar-refractivity contribution in [3.63, 3.8) is 0 Å². The predicted octanol–water partition coefficient (Wildman–Crippen LogP) is 4.27. The van der Waals surface area contributed by atoms with E-state index in [0.29, 0.717) is 43.6 Å². The minimum Gasteiger partial charge on any atom is -0.481 e. The highest BCUT2D eigenvalue weighted by Gasteiger charge is 2.42. The standard InChI is InChI=1S/C27H29N7O4S/c1-3-28-25(37)33-26-32-21-13-17(12-19(22(21)39-26)20-6-4-5-9-29-20)18-14-30-24(31-15-18)34-10-7-27(8-11-34,16-38-2)23(35)36/h4-6,9,12-15H,3,7-8,10-11,16H2,1-2H3,(H,35,36)(H2,28,32,33,37). The lowest BCUT2D eigenvalue weighted by Gasteiger charge is -2.38. The third-order valence-electron chi connectivity index (χ3n) is 6.84. The van der Waals surface area contributed by atoms with Crippen molar-refractivity contribution < 1.29 is 19.4 Å². The summed E-state index contributed by atoms with van der Waals surface area (Å²) in [5.41, 5.74) is 3.22. The Morgan fingerprint density at radius 2 is 1.90 bits per heavy atom. The molecule has 11 nitrogen and oxygen atoms in total. The lowest BCUT2D eigenvalue weighted by atomic mass is 9.79. The quantitative estimate of drug-likeness (QED) is 0.295. The Morgan fingerprint density at radius 1 is 1.13 bits per heavy atom. The number of piperidine rings is 1. The Hall–Kier alpha value is -4.16. The molecule has 1 aliphatic rings. The van der Waals surface area contributed by atoms with Gasteiger partial charge in [0.1, 0.15) is 0 Å². The number of carboxylic acid groups (broad SMARTS) is 1. The molecule has 0 radical (unpaired) electrons. The van der Waals surface area contributed by atoms with Crippen LogP contribution < -0.4 is 15.5 Å². The number of fused-ring (bicyclic) bond motifs is 1. The van der Waals surface area contributed by atoms with Gasteiger partial charge in [0.25, 0.3) is 0 Å². The van der Waals surface area contributed by atoms with E-state index in [-0.39, 0.29) is 12.6 Å². The predicted molar refractivity (Wildman–Crippen MR) is 150 cm³/mol. The second-order valence-corrected chi connectivity index (χ2v) is 10.4. The van der Waals surface area contributed by atoms with Gasteiger partial charge in [0, 0.05) is 56.5 Å². The van der Waals surface area contributed by atoms with Gasteiger partial charge in [-0.05, 0) is 49.6 Å². The van der Waals surface area contributed by atoms with Crippen LogP contribution in [0.3, 0.4) is 0 Å². The van der Waals surface area contributed by atoms with Crippen LogP contribution in [0.4, 0.5) is 15.9 Å². The van der Waals surface area contributed by atoms with E-state index < -0.39 is 11.4 Å². The average molecular weight is 548 g/mol. The fourth-order valence-electron chi connectivity index (χ4n) is 4.73. The molecule has 39 heavy (non-hydrogen) atoms. The molecule has 4 aromatic rings. The van der Waals surface area contributed by atoms with Crippen LogP contribution in [0.25, 0.3) is 32.6 Å². The molecule has 1 aromatic carbocycles. The molecule has 4 heterocycles. The van der Waals surface area contributed by atoms with Crippen molar-refractivity contribution in [2.24, 2.45) is 5.41 Å². The molecule has 202 valence electrons. The number of nitrogens with zero attached hydrogens (tertiary/aromatic N) is 5. The Balaban J connectivity index is 1.43. The van der Waals surface area contributed by atoms with Gasteiger partial charge in [-0.2, -0.15) is 0 Å². The Morgan fingerprint density at radius 3 is 2.54 bits per heavy atom. The number of carbonyl (C=O) groups excluding carboxylic acids is 1. The number of benzene rings is 1. The van der Waals surface area contributed by atoms with Crippen molar-refractivity contribution in [1.29, 1.82) is 0 Å². The van der Waals surface area contributed by atoms with Crippen LogP contribution >= 0.6 is 11.3 Å². The molecule has 3 N–H and O–H groups in total. The molecular weight excluding hydrogens is 518 g/mol. The zero-order valence-electron chi connectivity index (χ0n) is 21.7. The third kappa shape index (κ3) is 5.52. The Labute approximate surface area is 229 Å². The number of aromatic nitrogens is 4. The number of rotatable bonds is 8. The SMILES string of the molecule is CCNC(=O)Nc1nc2cc(-c3cnc(N4CCC(COC)(C(=O)O)CC4)nc3)cc(-c3ccccn3)c2s1. The van der Waals surface area contributed by atoms with Crippen LogP contribution in [0.15, 0.2) is 48.9 Å². The van der Waals surface area contributed by atoms with E-state index in [9.17, 15) is 14.7 Å². The summed E-state index contributed by atoms with van der Waals surface area (Å²) in [6, 6.07) is 9.41. The van der Waals surface area contributed by atoms with Gasteiger partial charge in [0.2, 0.25) is 5.95 Å². The topological polar surface area (TPSA) is 142 Å². The largest absolute Gasteiger partial charge is 0.481 e. The monoisotopic (exact) mass is 547 g/mol. The summed E-state index contributed by atoms with van der Waals surface area (Å²) in [5, 5.41) is 15.7. The molecule has 3 aromatic heterocycles. The fraction of sp³-hybridized carbons (Fsp3) is 0.333. The average Bonchev–Trinajstić information content (AvgIpc) is 3.36. The van der Waals surface area contributed by atoms with Crippen LogP contribution in [0.5, 0.6) is 0 Å². The molecule has 1 fully saturated rings. The van der Waals surface area contributed by atoms with Crippen LogP contribution in [0, 0.1) is 5.41 Å². The number of anilines is 2. The second kappa shape index (κ2) is 11.3. The summed E-state index contributed by atoms with van der Waals surface area (Å²) < 4.78 is 6.10. The number of carboxylic acids is 1. The van der Waals surface area contributed by atoms with E-state index in [2.05, 4.69) is 30.6 Å². The fourth-order valence-corrected chi connectivity index (χ4v) is 5.70. The van der Waals surface area contributed by atoms with Crippen LogP contribution in [-0.2, 0) is 9.53 Å². The summed E-state index contributed by atoms with van der Waals surface area (Å²) in [5.74, 6) is -0.269. The van der Waals surface area contributed by atoms with Crippen molar-refractivity contribution in [3.05, 3.63) is 48.9 Å². The number of thiazole rings is 1. The zero-order valence-corrected chi connectivity index (χ0v) is 22.5. The van der Waals surface area contributed by atoms with Crippen molar-refractivity contribution in [1.82, 2.24) is 25.3 Å². The molecule has 0 aliphatic carbocycles. The van der Waals surface area contributed by atoms with Crippen LogP contribution in [0.1, 0.15) is 19.8 Å². The summed E-state index contributed by atoms with van der Waals surface area (Å²) in [4.78, 5) is 44.3. The normalized spacial score (nSPS) is 14.8. The third-order valence-corrected chi connectivity index (χ3v) is 7.86. The smallest absolute Gasteiger partial charge is 0.321 e. The number of nitrogens with one attached hydrogen (secondary N) is 2. The second-order valence-electron chi connectivity index (χ2n) is 9.37. The van der Waals surface area contributed by atoms with Crippen molar-refractivity contribution in [2.45, 2.75) is 19.8 Å². The molecule has 1 aliphatic heterocycles. The molecule has 0 atom stereocenters. The number of hydrogen-bond acceptors (Lipinski definition) is 9. The Kier molecular flexibility index (Phi) is 7.66. The van der Waals surface area contributed by atoms with Crippen LogP contribution in [0.2, 0.25) is 0 Å². The molecule has 5 rings (SSSR count). The molecule has 0 saturated carbocycles. The number of methoxy groups -OCH3 is 1. The number of carbonyl (C=O) groups is 2. The highest BCUT2D eigenvalue weighted by atomic mass is 32.1. The molecular formula is C27H29N7O4S. The van der Waals surface area contributed by atoms with E-state index >= 15 is 0 Å². The molecule has 12 heteroatoms. The van der Waals surface area contributed by atoms with Gasteiger partial charge >= 0.3 is 12.0 Å². The van der Waals surface area contributed by atoms with E-state index in [1.54, 1.807) is 18.6 Å². The number of pyridine rings is 1. The first-order valence-corrected chi connectivity index (χ1v) is 13.4. The van der Waals surface area contributed by atoms with Gasteiger partial charge < -0.3 is 20.1 Å². The van der Waals surface area contributed by atoms with E-state index in [1.807, 2.05) is 42.2 Å². The molecule has 0 spiro atoms. The minimum atomic E-state index is -0.874. The first-order valence-electron chi connectivity index (χ1n) is 12.6. The number of amides is 2. The van der Waals surface area contributed by atoms with Crippen molar-refractivity contribution in [3.8, 4) is 22.4 Å². The lowest BCUT2D eigenvalue weighted by Crippen LogP contribution is -2.47. The van der Waals surface area contributed by atoms with E-state index in [4.69, 9.17) is 4.74 Å². The number of hydrogen-bond donors (Lipinski definition) is 3. The van der Waals surface area contributed by atoms with Gasteiger partial charge in [-0.3, -0.25) is 15.1 Å². The maximum Gasteiger partial charge on any atom is 0.321 e. The summed E-state index contributed by atoms with van der Waals surface area (Å²) in [6.45, 7) is 3.62. The minimum absolute atomic E-state index is 0.189. The number of urea groups is 1. The first-order chi connectivity index (χ1) is 18.9. The number of ether oxygens (including phenoxy) is 1. The van der Waals surface area contributed by atoms with Gasteiger partial charge in [-0.15, -0.1) is 0 Å². The highest BCUT2D eigenvalue weighted by Crippen LogP contribution is 2.38. The van der Waals surface area contributed by atoms with Gasteiger partial charge in [-0.1, -0.05) is 17.4 Å². The molecule has 1 saturated heterocycles. The summed E-state index contributed by atoms with van der Waals surface area (Å²) in [6.07, 6.45) is 6.19. The van der Waals surface area contributed by atoms with E-state index in [0.717, 1.165) is 32.6 Å². The van der Waals surface area contributed by atoms with Crippen LogP contribution in [-0.4, -0.2) is 70.4 Å². The van der Waals surface area contributed by atoms with Crippen molar-refractivity contribution >= 4 is 44.6 Å². The highest BCUT2D eigenvalue weighted by molar-refractivity contribution is 7.22. The first kappa shape index (κ1) is 26.4.